The molecular formula is C24H29N3O4S. The van der Waals surface area contributed by atoms with E-state index in [-0.39, 0.29) is 34.8 Å². The summed E-state index contributed by atoms with van der Waals surface area (Å²) < 4.78 is 27.7. The van der Waals surface area contributed by atoms with Gasteiger partial charge in [0.2, 0.25) is 10.0 Å². The minimum Gasteiger partial charge on any atom is -0.312 e. The lowest BCUT2D eigenvalue weighted by Crippen LogP contribution is -2.48. The van der Waals surface area contributed by atoms with E-state index in [4.69, 9.17) is 0 Å². The third kappa shape index (κ3) is 4.17. The molecule has 0 spiro atoms. The fourth-order valence-electron chi connectivity index (χ4n) is 4.31. The van der Waals surface area contributed by atoms with Crippen LogP contribution in [0.1, 0.15) is 39.2 Å². The van der Waals surface area contributed by atoms with E-state index < -0.39 is 10.0 Å². The van der Waals surface area contributed by atoms with E-state index in [1.54, 1.807) is 41.3 Å². The number of piperidine rings is 1. The van der Waals surface area contributed by atoms with Crippen LogP contribution in [-0.4, -0.2) is 55.2 Å². The summed E-state index contributed by atoms with van der Waals surface area (Å²) in [4.78, 5) is 28.5. The fourth-order valence-corrected chi connectivity index (χ4v) is 5.78. The number of carbonyl (C=O) groups excluding carboxylic acids is 2. The molecule has 2 heterocycles. The van der Waals surface area contributed by atoms with E-state index in [1.807, 2.05) is 18.2 Å². The number of benzene rings is 2. The number of para-hydroxylation sites is 1. The van der Waals surface area contributed by atoms with Crippen molar-refractivity contribution in [2.75, 3.05) is 24.5 Å². The van der Waals surface area contributed by atoms with Crippen molar-refractivity contribution < 1.29 is 18.0 Å². The topological polar surface area (TPSA) is 78.0 Å². The average molecular weight is 456 g/mol. The van der Waals surface area contributed by atoms with Crippen molar-refractivity contribution in [1.82, 2.24) is 9.21 Å². The Morgan fingerprint density at radius 3 is 2.03 bits per heavy atom. The predicted molar refractivity (Wildman–Crippen MR) is 123 cm³/mol. The van der Waals surface area contributed by atoms with Crippen molar-refractivity contribution >= 4 is 27.6 Å². The molecule has 32 heavy (non-hydrogen) atoms. The van der Waals surface area contributed by atoms with E-state index in [0.29, 0.717) is 31.6 Å². The van der Waals surface area contributed by atoms with Crippen molar-refractivity contribution in [2.24, 2.45) is 0 Å². The van der Waals surface area contributed by atoms with Crippen LogP contribution >= 0.6 is 0 Å². The maximum absolute atomic E-state index is 13.1. The number of carbonyl (C=O) groups is 2. The van der Waals surface area contributed by atoms with E-state index in [9.17, 15) is 18.0 Å². The van der Waals surface area contributed by atoms with Gasteiger partial charge in [-0.25, -0.2) is 18.1 Å². The third-order valence-electron chi connectivity index (χ3n) is 6.23. The highest BCUT2D eigenvalue weighted by molar-refractivity contribution is 7.89. The molecule has 2 aliphatic rings. The Hall–Kier alpha value is -2.71. The smallest absolute Gasteiger partial charge is 0.312 e. The molecule has 7 nitrogen and oxygen atoms in total. The largest absolute Gasteiger partial charge is 0.332 e. The van der Waals surface area contributed by atoms with Gasteiger partial charge in [0, 0.05) is 19.1 Å². The van der Waals surface area contributed by atoms with Crippen molar-refractivity contribution in [2.45, 2.75) is 50.0 Å². The van der Waals surface area contributed by atoms with Crippen LogP contribution in [-0.2, 0) is 20.2 Å². The molecule has 2 aromatic carbocycles. The number of nitrogens with zero attached hydrogens (tertiary/aromatic N) is 3. The molecule has 8 heteroatoms. The zero-order valence-electron chi connectivity index (χ0n) is 18.7. The first-order chi connectivity index (χ1) is 15.1. The van der Waals surface area contributed by atoms with E-state index >= 15 is 0 Å². The Balaban J connectivity index is 1.43. The molecule has 2 fully saturated rings. The summed E-state index contributed by atoms with van der Waals surface area (Å²) in [6, 6.07) is 15.5. The van der Waals surface area contributed by atoms with Crippen LogP contribution in [0.15, 0.2) is 59.5 Å². The molecule has 4 rings (SSSR count). The minimum absolute atomic E-state index is 0.0272. The second-order valence-electron chi connectivity index (χ2n) is 9.38. The van der Waals surface area contributed by atoms with E-state index in [1.165, 1.54) is 9.21 Å². The van der Waals surface area contributed by atoms with E-state index in [0.717, 1.165) is 5.56 Å². The molecule has 2 aromatic rings. The van der Waals surface area contributed by atoms with Gasteiger partial charge in [0.05, 0.1) is 10.6 Å². The number of sulfonamides is 1. The molecule has 0 aromatic heterocycles. The Kier molecular flexibility index (Phi) is 5.85. The van der Waals surface area contributed by atoms with Gasteiger partial charge < -0.3 is 4.90 Å². The highest BCUT2D eigenvalue weighted by Gasteiger charge is 2.42. The summed E-state index contributed by atoms with van der Waals surface area (Å²) in [5.74, 6) is -0.254. The number of urea groups is 1. The Morgan fingerprint density at radius 1 is 0.875 bits per heavy atom. The number of hydrogen-bond acceptors (Lipinski definition) is 4. The first-order valence-electron chi connectivity index (χ1n) is 10.9. The first-order valence-corrected chi connectivity index (χ1v) is 12.3. The lowest BCUT2D eigenvalue weighted by Gasteiger charge is -2.35. The number of hydrogen-bond donors (Lipinski definition) is 0. The summed E-state index contributed by atoms with van der Waals surface area (Å²) in [6.45, 7) is 6.92. The van der Waals surface area contributed by atoms with Crippen LogP contribution in [0.3, 0.4) is 0 Å². The molecule has 0 aliphatic carbocycles. The van der Waals surface area contributed by atoms with Crippen LogP contribution in [0.5, 0.6) is 0 Å². The second kappa shape index (κ2) is 8.33. The zero-order chi connectivity index (χ0) is 23.1. The zero-order valence-corrected chi connectivity index (χ0v) is 19.5. The maximum atomic E-state index is 13.1. The number of anilines is 1. The highest BCUT2D eigenvalue weighted by Crippen LogP contribution is 2.29. The monoisotopic (exact) mass is 455 g/mol. The summed E-state index contributed by atoms with van der Waals surface area (Å²) >= 11 is 0. The Morgan fingerprint density at radius 2 is 1.47 bits per heavy atom. The average Bonchev–Trinajstić information content (AvgIpc) is 3.08. The molecule has 3 amide bonds. The molecule has 0 saturated carbocycles. The quantitative estimate of drug-likeness (QED) is 0.660. The van der Waals surface area contributed by atoms with Crippen LogP contribution in [0, 0.1) is 0 Å². The maximum Gasteiger partial charge on any atom is 0.332 e. The van der Waals surface area contributed by atoms with Crippen molar-refractivity contribution in [3.8, 4) is 0 Å². The predicted octanol–water partition coefficient (Wildman–Crippen LogP) is 3.61. The number of imide groups is 1. The molecule has 0 N–H and O–H groups in total. The molecular weight excluding hydrogens is 426 g/mol. The SMILES string of the molecule is CC(C)(C)c1ccc(S(=O)(=O)N2CCC(N3CC(=O)N(c4ccccc4)C3=O)CC2)cc1. The second-order valence-corrected chi connectivity index (χ2v) is 11.3. The lowest BCUT2D eigenvalue weighted by molar-refractivity contribution is -0.116. The Labute approximate surface area is 189 Å². The van der Waals surface area contributed by atoms with Crippen molar-refractivity contribution in [3.63, 3.8) is 0 Å². The standard InChI is InChI=1S/C24H29N3O4S/c1-24(2,3)18-9-11-21(12-10-18)32(30,31)25-15-13-19(14-16-25)26-17-22(28)27(23(26)29)20-7-5-4-6-8-20/h4-12,19H,13-17H2,1-3H3. The minimum atomic E-state index is -3.60. The van der Waals surface area contributed by atoms with Gasteiger partial charge in [-0.2, -0.15) is 4.31 Å². The molecule has 0 atom stereocenters. The molecule has 0 radical (unpaired) electrons. The highest BCUT2D eigenvalue weighted by atomic mass is 32.2. The normalized spacial score (nSPS) is 19.1. The lowest BCUT2D eigenvalue weighted by atomic mass is 9.87. The van der Waals surface area contributed by atoms with Gasteiger partial charge in [0.15, 0.2) is 0 Å². The summed E-state index contributed by atoms with van der Waals surface area (Å²) in [5.41, 5.74) is 1.59. The first kappa shape index (κ1) is 22.5. The van der Waals surface area contributed by atoms with Gasteiger partial charge in [-0.3, -0.25) is 4.79 Å². The van der Waals surface area contributed by atoms with Crippen LogP contribution in [0.4, 0.5) is 10.5 Å². The Bertz CT molecular complexity index is 1100. The molecule has 170 valence electrons. The molecule has 2 aliphatic heterocycles. The van der Waals surface area contributed by atoms with Gasteiger partial charge in [0.1, 0.15) is 6.54 Å². The van der Waals surface area contributed by atoms with Gasteiger partial charge in [0.25, 0.3) is 5.91 Å². The third-order valence-corrected chi connectivity index (χ3v) is 8.14. The molecule has 2 saturated heterocycles. The summed E-state index contributed by atoms with van der Waals surface area (Å²) in [5, 5.41) is 0. The van der Waals surface area contributed by atoms with Crippen LogP contribution in [0.2, 0.25) is 0 Å². The van der Waals surface area contributed by atoms with Crippen LogP contribution < -0.4 is 4.90 Å². The van der Waals surface area contributed by atoms with Gasteiger partial charge in [-0.1, -0.05) is 51.1 Å². The summed E-state index contributed by atoms with van der Waals surface area (Å²) in [7, 11) is -3.60. The summed E-state index contributed by atoms with van der Waals surface area (Å²) in [6.07, 6.45) is 1.00. The fraction of sp³-hybridized carbons (Fsp3) is 0.417. The van der Waals surface area contributed by atoms with E-state index in [2.05, 4.69) is 20.8 Å². The number of amides is 3. The van der Waals surface area contributed by atoms with Crippen LogP contribution in [0.25, 0.3) is 0 Å². The van der Waals surface area contributed by atoms with Crippen molar-refractivity contribution in [3.05, 3.63) is 60.2 Å². The molecule has 0 bridgehead atoms. The van der Waals surface area contributed by atoms with Gasteiger partial charge in [-0.05, 0) is 48.1 Å². The number of rotatable bonds is 4. The molecule has 0 unspecified atom stereocenters. The van der Waals surface area contributed by atoms with Crippen molar-refractivity contribution in [1.29, 1.82) is 0 Å². The van der Waals surface area contributed by atoms with Gasteiger partial charge in [-0.15, -0.1) is 0 Å². The van der Waals surface area contributed by atoms with Gasteiger partial charge >= 0.3 is 6.03 Å².